The van der Waals surface area contributed by atoms with Gasteiger partial charge in [0.1, 0.15) is 23.4 Å². The molecule has 3 heterocycles. The zero-order valence-corrected chi connectivity index (χ0v) is 22.4. The van der Waals surface area contributed by atoms with Crippen molar-refractivity contribution in [3.8, 4) is 17.2 Å². The number of aryl methyl sites for hydroxylation is 1. The van der Waals surface area contributed by atoms with Gasteiger partial charge in [0.25, 0.3) is 0 Å². The summed E-state index contributed by atoms with van der Waals surface area (Å²) in [5, 5.41) is 6.19. The van der Waals surface area contributed by atoms with Crippen LogP contribution in [0.5, 0.6) is 11.5 Å². The second-order valence-corrected chi connectivity index (χ2v) is 9.55. The molecule has 2 N–H and O–H groups in total. The molecule has 1 aliphatic heterocycles. The Labute approximate surface area is 230 Å². The molecule has 0 bridgehead atoms. The molecule has 1 saturated heterocycles. The van der Waals surface area contributed by atoms with Crippen molar-refractivity contribution in [3.05, 3.63) is 83.1 Å². The van der Waals surface area contributed by atoms with Crippen LogP contribution in [0.3, 0.4) is 0 Å². The SMILES string of the molecule is C=CC(=O)Nc1cc(Nc2ncc3c(=O)cc(C)n(-c4cccc(F)c4)c3n2)c(OC)cc1OC1CCN(C)C1. The van der Waals surface area contributed by atoms with Crippen LogP contribution < -0.4 is 25.5 Å². The summed E-state index contributed by atoms with van der Waals surface area (Å²) >= 11 is 0. The fourth-order valence-electron chi connectivity index (χ4n) is 4.71. The summed E-state index contributed by atoms with van der Waals surface area (Å²) in [7, 11) is 3.54. The highest BCUT2D eigenvalue weighted by atomic mass is 19.1. The van der Waals surface area contributed by atoms with Gasteiger partial charge < -0.3 is 25.0 Å². The molecule has 0 spiro atoms. The van der Waals surface area contributed by atoms with E-state index in [1.165, 1.54) is 37.6 Å². The predicted molar refractivity (Wildman–Crippen MR) is 151 cm³/mol. The number of aromatic nitrogens is 3. The van der Waals surface area contributed by atoms with Gasteiger partial charge >= 0.3 is 0 Å². The van der Waals surface area contributed by atoms with Gasteiger partial charge in [0, 0.05) is 37.1 Å². The lowest BCUT2D eigenvalue weighted by molar-refractivity contribution is -0.111. The first-order valence-electron chi connectivity index (χ1n) is 12.7. The molecule has 0 saturated carbocycles. The standard InChI is InChI=1S/C29H29FN6O4/c1-5-27(38)32-23-13-22(25(39-4)14-26(23)40-20-9-10-35(3)16-20)33-29-31-15-21-24(37)11-17(2)36(28(21)34-29)19-8-6-7-18(30)12-19/h5-8,11-15,20H,1,9-10,16H2,2-4H3,(H,32,38)(H,31,33,34). The molecule has 0 aliphatic carbocycles. The van der Waals surface area contributed by atoms with Gasteiger partial charge in [0.05, 0.1) is 29.6 Å². The van der Waals surface area contributed by atoms with E-state index < -0.39 is 11.7 Å². The van der Waals surface area contributed by atoms with E-state index in [4.69, 9.17) is 9.47 Å². The Morgan fingerprint density at radius 2 is 2.02 bits per heavy atom. The number of rotatable bonds is 8. The van der Waals surface area contributed by atoms with Gasteiger partial charge in [-0.3, -0.25) is 14.2 Å². The summed E-state index contributed by atoms with van der Waals surface area (Å²) in [6, 6.07) is 10.8. The zero-order chi connectivity index (χ0) is 28.4. The van der Waals surface area contributed by atoms with E-state index in [0.717, 1.165) is 19.5 Å². The quantitative estimate of drug-likeness (QED) is 0.318. The number of methoxy groups -OCH3 is 1. The van der Waals surface area contributed by atoms with Crippen LogP contribution in [0.25, 0.3) is 16.7 Å². The van der Waals surface area contributed by atoms with Crippen LogP contribution in [0.1, 0.15) is 12.1 Å². The Morgan fingerprint density at radius 3 is 2.73 bits per heavy atom. The van der Waals surface area contributed by atoms with Crippen molar-refractivity contribution < 1.29 is 18.7 Å². The Hall–Kier alpha value is -4.77. The van der Waals surface area contributed by atoms with Gasteiger partial charge in [-0.2, -0.15) is 4.98 Å². The fraction of sp³-hybridized carbons (Fsp3) is 0.241. The topological polar surface area (TPSA) is 111 Å². The number of carbonyl (C=O) groups is 1. The molecule has 40 heavy (non-hydrogen) atoms. The van der Waals surface area contributed by atoms with Crippen LogP contribution in [0.4, 0.5) is 21.7 Å². The molecular weight excluding hydrogens is 515 g/mol. The Kier molecular flexibility index (Phi) is 7.47. The summed E-state index contributed by atoms with van der Waals surface area (Å²) in [5.74, 6) is 0.219. The van der Waals surface area contributed by atoms with E-state index in [0.29, 0.717) is 39.9 Å². The largest absolute Gasteiger partial charge is 0.494 e. The third-order valence-electron chi connectivity index (χ3n) is 6.64. The monoisotopic (exact) mass is 544 g/mol. The highest BCUT2D eigenvalue weighted by molar-refractivity contribution is 6.00. The molecule has 1 fully saturated rings. The fourth-order valence-corrected chi connectivity index (χ4v) is 4.71. The first-order chi connectivity index (χ1) is 19.2. The summed E-state index contributed by atoms with van der Waals surface area (Å²) in [6.07, 6.45) is 3.40. The van der Waals surface area contributed by atoms with Crippen LogP contribution in [0.15, 0.2) is 66.1 Å². The third-order valence-corrected chi connectivity index (χ3v) is 6.64. The van der Waals surface area contributed by atoms with Gasteiger partial charge in [-0.1, -0.05) is 12.6 Å². The number of hydrogen-bond acceptors (Lipinski definition) is 8. The van der Waals surface area contributed by atoms with Gasteiger partial charge in [0.15, 0.2) is 11.1 Å². The normalized spacial score (nSPS) is 15.2. The second kappa shape index (κ2) is 11.1. The number of anilines is 3. The first-order valence-corrected chi connectivity index (χ1v) is 12.7. The van der Waals surface area contributed by atoms with Gasteiger partial charge in [0.2, 0.25) is 11.9 Å². The molecule has 11 heteroatoms. The van der Waals surface area contributed by atoms with Gasteiger partial charge in [-0.05, 0) is 50.7 Å². The average Bonchev–Trinajstić information content (AvgIpc) is 3.34. The number of pyridine rings is 1. The van der Waals surface area contributed by atoms with Crippen molar-refractivity contribution >= 4 is 34.3 Å². The van der Waals surface area contributed by atoms with Crippen LogP contribution in [0.2, 0.25) is 0 Å². The number of likely N-dealkylation sites (N-methyl/N-ethyl adjacent to an activating group) is 1. The minimum Gasteiger partial charge on any atom is -0.494 e. The maximum Gasteiger partial charge on any atom is 0.247 e. The molecular formula is C29H29FN6O4. The number of hydrogen-bond donors (Lipinski definition) is 2. The maximum absolute atomic E-state index is 14.1. The number of fused-ring (bicyclic) bond motifs is 1. The number of likely N-dealkylation sites (tertiary alicyclic amines) is 1. The molecule has 10 nitrogen and oxygen atoms in total. The second-order valence-electron chi connectivity index (χ2n) is 9.55. The summed E-state index contributed by atoms with van der Waals surface area (Å²) < 4.78 is 27.6. The van der Waals surface area contributed by atoms with Crippen LogP contribution in [-0.2, 0) is 4.79 Å². The smallest absolute Gasteiger partial charge is 0.247 e. The number of halogens is 1. The average molecular weight is 545 g/mol. The molecule has 1 amide bonds. The van der Waals surface area contributed by atoms with Crippen molar-refractivity contribution in [3.63, 3.8) is 0 Å². The van der Waals surface area contributed by atoms with Gasteiger partial charge in [-0.15, -0.1) is 0 Å². The van der Waals surface area contributed by atoms with Crippen molar-refractivity contribution in [1.82, 2.24) is 19.4 Å². The lowest BCUT2D eigenvalue weighted by Crippen LogP contribution is -2.22. The molecule has 0 radical (unpaired) electrons. The molecule has 4 aromatic rings. The summed E-state index contributed by atoms with van der Waals surface area (Å²) in [4.78, 5) is 36.1. The Bertz CT molecular complexity index is 1670. The number of amides is 1. The van der Waals surface area contributed by atoms with E-state index in [9.17, 15) is 14.0 Å². The lowest BCUT2D eigenvalue weighted by Gasteiger charge is -2.20. The van der Waals surface area contributed by atoms with Crippen molar-refractivity contribution in [2.24, 2.45) is 0 Å². The Balaban J connectivity index is 1.57. The minimum atomic E-state index is -0.415. The minimum absolute atomic E-state index is 0.0421. The molecule has 206 valence electrons. The highest BCUT2D eigenvalue weighted by Crippen LogP contribution is 2.39. The van der Waals surface area contributed by atoms with Crippen LogP contribution in [-0.4, -0.2) is 58.7 Å². The third kappa shape index (κ3) is 5.50. The van der Waals surface area contributed by atoms with Crippen LogP contribution in [0, 0.1) is 12.7 Å². The van der Waals surface area contributed by atoms with Crippen LogP contribution >= 0.6 is 0 Å². The van der Waals surface area contributed by atoms with E-state index in [1.54, 1.807) is 35.8 Å². The lowest BCUT2D eigenvalue weighted by atomic mass is 10.2. The first kappa shape index (κ1) is 26.8. The predicted octanol–water partition coefficient (Wildman–Crippen LogP) is 4.19. The molecule has 1 atom stereocenters. The van der Waals surface area contributed by atoms with Gasteiger partial charge in [-0.25, -0.2) is 9.37 Å². The van der Waals surface area contributed by atoms with Crippen molar-refractivity contribution in [2.45, 2.75) is 19.4 Å². The van der Waals surface area contributed by atoms with Crippen molar-refractivity contribution in [2.75, 3.05) is 37.9 Å². The molecule has 1 aliphatic rings. The summed E-state index contributed by atoms with van der Waals surface area (Å²) in [5.41, 5.74) is 2.01. The molecule has 5 rings (SSSR count). The van der Waals surface area contributed by atoms with Crippen molar-refractivity contribution in [1.29, 1.82) is 0 Å². The zero-order valence-electron chi connectivity index (χ0n) is 22.4. The number of ether oxygens (including phenoxy) is 2. The molecule has 2 aromatic heterocycles. The number of nitrogens with zero attached hydrogens (tertiary/aromatic N) is 4. The number of benzene rings is 2. The maximum atomic E-state index is 14.1. The Morgan fingerprint density at radius 1 is 1.20 bits per heavy atom. The van der Waals surface area contributed by atoms with E-state index in [-0.39, 0.29) is 22.9 Å². The van der Waals surface area contributed by atoms with E-state index in [2.05, 4.69) is 32.1 Å². The summed E-state index contributed by atoms with van der Waals surface area (Å²) in [6.45, 7) is 6.95. The number of carbonyl (C=O) groups excluding carboxylic acids is 1. The highest BCUT2D eigenvalue weighted by Gasteiger charge is 2.24. The van der Waals surface area contributed by atoms with E-state index >= 15 is 0 Å². The van der Waals surface area contributed by atoms with E-state index in [1.807, 2.05) is 7.05 Å². The molecule has 1 unspecified atom stereocenters. The number of nitrogens with one attached hydrogen (secondary N) is 2. The molecule has 2 aromatic carbocycles.